The molecule has 1 atom stereocenters. The minimum Gasteiger partial charge on any atom is -0.508 e. The molecular weight excluding hydrogens is 201 g/mol. The topological polar surface area (TPSA) is 72.5 Å². The normalized spacial score (nSPS) is 12.2. The lowest BCUT2D eigenvalue weighted by molar-refractivity contribution is -0.141. The van der Waals surface area contributed by atoms with Crippen LogP contribution in [0.15, 0.2) is 18.2 Å². The number of halogens is 1. The van der Waals surface area contributed by atoms with E-state index in [2.05, 4.69) is 4.74 Å². The summed E-state index contributed by atoms with van der Waals surface area (Å²) in [5.74, 6) is -1.32. The van der Waals surface area contributed by atoms with Crippen molar-refractivity contribution in [3.63, 3.8) is 0 Å². The van der Waals surface area contributed by atoms with Gasteiger partial charge in [0.15, 0.2) is 0 Å². The molecule has 0 amide bonds. The molecule has 0 aliphatic heterocycles. The molecule has 15 heavy (non-hydrogen) atoms. The minimum atomic E-state index is -0.766. The molecule has 1 rings (SSSR count). The molecule has 82 valence electrons. The van der Waals surface area contributed by atoms with Crippen molar-refractivity contribution >= 4 is 5.97 Å². The SMILES string of the molecule is COC(=O)C[C@@H](N)c1ccc(O)cc1F. The Balaban J connectivity index is 2.82. The van der Waals surface area contributed by atoms with Gasteiger partial charge >= 0.3 is 5.97 Å². The number of ether oxygens (including phenoxy) is 1. The molecule has 0 heterocycles. The molecular formula is C10H12FNO3. The van der Waals surface area contributed by atoms with Crippen LogP contribution in [0.25, 0.3) is 0 Å². The number of rotatable bonds is 3. The van der Waals surface area contributed by atoms with E-state index in [4.69, 9.17) is 10.8 Å². The van der Waals surface area contributed by atoms with Crippen LogP contribution in [0, 0.1) is 5.82 Å². The van der Waals surface area contributed by atoms with E-state index in [1.165, 1.54) is 19.2 Å². The maximum atomic E-state index is 13.3. The fraction of sp³-hybridized carbons (Fsp3) is 0.300. The summed E-state index contributed by atoms with van der Waals surface area (Å²) in [4.78, 5) is 10.9. The fourth-order valence-electron chi connectivity index (χ4n) is 1.19. The van der Waals surface area contributed by atoms with Gasteiger partial charge in [-0.15, -0.1) is 0 Å². The van der Waals surface area contributed by atoms with Crippen molar-refractivity contribution in [2.24, 2.45) is 5.73 Å². The van der Waals surface area contributed by atoms with Crippen LogP contribution in [0.5, 0.6) is 5.75 Å². The van der Waals surface area contributed by atoms with Gasteiger partial charge in [0.2, 0.25) is 0 Å². The second-order valence-electron chi connectivity index (χ2n) is 3.09. The van der Waals surface area contributed by atoms with Crippen molar-refractivity contribution in [3.8, 4) is 5.75 Å². The first kappa shape index (κ1) is 11.5. The lowest BCUT2D eigenvalue weighted by Crippen LogP contribution is -2.17. The summed E-state index contributed by atoms with van der Waals surface area (Å²) in [5.41, 5.74) is 5.78. The highest BCUT2D eigenvalue weighted by molar-refractivity contribution is 5.70. The Kier molecular flexibility index (Phi) is 3.62. The van der Waals surface area contributed by atoms with Crippen LogP contribution in [0.4, 0.5) is 4.39 Å². The largest absolute Gasteiger partial charge is 0.508 e. The van der Waals surface area contributed by atoms with Crippen LogP contribution in [0.2, 0.25) is 0 Å². The quantitative estimate of drug-likeness (QED) is 0.737. The third-order valence-electron chi connectivity index (χ3n) is 2.00. The Morgan fingerprint density at radius 1 is 1.67 bits per heavy atom. The van der Waals surface area contributed by atoms with E-state index in [-0.39, 0.29) is 17.7 Å². The number of esters is 1. The van der Waals surface area contributed by atoms with Crippen molar-refractivity contribution in [2.45, 2.75) is 12.5 Å². The molecule has 0 saturated heterocycles. The molecule has 3 N–H and O–H groups in total. The van der Waals surface area contributed by atoms with Gasteiger partial charge in [-0.25, -0.2) is 4.39 Å². The molecule has 1 aromatic rings. The first-order valence-corrected chi connectivity index (χ1v) is 4.35. The zero-order valence-electron chi connectivity index (χ0n) is 8.24. The van der Waals surface area contributed by atoms with Gasteiger partial charge < -0.3 is 15.6 Å². The molecule has 0 unspecified atom stereocenters. The Hall–Kier alpha value is -1.62. The first-order valence-electron chi connectivity index (χ1n) is 4.35. The smallest absolute Gasteiger partial charge is 0.307 e. The summed E-state index contributed by atoms with van der Waals surface area (Å²) >= 11 is 0. The van der Waals surface area contributed by atoms with Crippen LogP contribution in [-0.2, 0) is 9.53 Å². The zero-order valence-corrected chi connectivity index (χ0v) is 8.24. The fourth-order valence-corrected chi connectivity index (χ4v) is 1.19. The number of carbonyl (C=O) groups excluding carboxylic acids is 1. The summed E-state index contributed by atoms with van der Waals surface area (Å²) < 4.78 is 17.7. The number of benzene rings is 1. The number of aromatic hydroxyl groups is 1. The predicted octanol–water partition coefficient (Wildman–Crippen LogP) is 1.09. The number of methoxy groups -OCH3 is 1. The second kappa shape index (κ2) is 4.75. The van der Waals surface area contributed by atoms with Gasteiger partial charge in [0.25, 0.3) is 0 Å². The monoisotopic (exact) mass is 213 g/mol. The number of carbonyl (C=O) groups is 1. The highest BCUT2D eigenvalue weighted by atomic mass is 19.1. The molecule has 0 radical (unpaired) electrons. The van der Waals surface area contributed by atoms with E-state index in [0.717, 1.165) is 6.07 Å². The Morgan fingerprint density at radius 2 is 2.33 bits per heavy atom. The third kappa shape index (κ3) is 2.92. The summed E-state index contributed by atoms with van der Waals surface area (Å²) in [7, 11) is 1.24. The highest BCUT2D eigenvalue weighted by Gasteiger charge is 2.15. The van der Waals surface area contributed by atoms with Crippen molar-refractivity contribution in [1.29, 1.82) is 0 Å². The Labute approximate surface area is 86.5 Å². The molecule has 0 saturated carbocycles. The van der Waals surface area contributed by atoms with Crippen LogP contribution in [0.1, 0.15) is 18.0 Å². The van der Waals surface area contributed by atoms with Crippen LogP contribution in [0.3, 0.4) is 0 Å². The standard InChI is InChI=1S/C10H12FNO3/c1-15-10(14)5-9(12)7-3-2-6(13)4-8(7)11/h2-4,9,13H,5,12H2,1H3/t9-/m1/s1. The van der Waals surface area contributed by atoms with Crippen molar-refractivity contribution in [2.75, 3.05) is 7.11 Å². The number of phenolic OH excluding ortho intramolecular Hbond substituents is 1. The van der Waals surface area contributed by atoms with E-state index in [0.29, 0.717) is 0 Å². The van der Waals surface area contributed by atoms with E-state index >= 15 is 0 Å². The van der Waals surface area contributed by atoms with Crippen molar-refractivity contribution in [3.05, 3.63) is 29.6 Å². The average molecular weight is 213 g/mol. The summed E-state index contributed by atoms with van der Waals surface area (Å²) in [6, 6.07) is 2.85. The third-order valence-corrected chi connectivity index (χ3v) is 2.00. The number of hydrogen-bond donors (Lipinski definition) is 2. The molecule has 0 fully saturated rings. The van der Waals surface area contributed by atoms with Gasteiger partial charge in [-0.3, -0.25) is 4.79 Å². The summed E-state index contributed by atoms with van der Waals surface area (Å²) in [5, 5.41) is 8.97. The second-order valence-corrected chi connectivity index (χ2v) is 3.09. The van der Waals surface area contributed by atoms with E-state index in [1.54, 1.807) is 0 Å². The molecule has 0 spiro atoms. The predicted molar refractivity (Wildman–Crippen MR) is 51.6 cm³/mol. The van der Waals surface area contributed by atoms with E-state index < -0.39 is 17.8 Å². The Bertz CT molecular complexity index is 368. The highest BCUT2D eigenvalue weighted by Crippen LogP contribution is 2.21. The molecule has 4 nitrogen and oxygen atoms in total. The van der Waals surface area contributed by atoms with E-state index in [1.807, 2.05) is 0 Å². The van der Waals surface area contributed by atoms with Crippen LogP contribution < -0.4 is 5.73 Å². The van der Waals surface area contributed by atoms with Crippen molar-refractivity contribution < 1.29 is 19.0 Å². The number of nitrogens with two attached hydrogens (primary N) is 1. The van der Waals surface area contributed by atoms with Gasteiger partial charge in [0, 0.05) is 17.7 Å². The zero-order chi connectivity index (χ0) is 11.4. The van der Waals surface area contributed by atoms with Gasteiger partial charge in [-0.2, -0.15) is 0 Å². The van der Waals surface area contributed by atoms with Gasteiger partial charge in [0.05, 0.1) is 13.5 Å². The lowest BCUT2D eigenvalue weighted by Gasteiger charge is -2.11. The maximum absolute atomic E-state index is 13.3. The average Bonchev–Trinajstić information content (AvgIpc) is 2.17. The van der Waals surface area contributed by atoms with Crippen LogP contribution in [-0.4, -0.2) is 18.2 Å². The van der Waals surface area contributed by atoms with Gasteiger partial charge in [-0.1, -0.05) is 6.07 Å². The Morgan fingerprint density at radius 3 is 2.87 bits per heavy atom. The molecule has 5 heteroatoms. The van der Waals surface area contributed by atoms with E-state index in [9.17, 15) is 9.18 Å². The lowest BCUT2D eigenvalue weighted by atomic mass is 10.0. The summed E-state index contributed by atoms with van der Waals surface area (Å²) in [6.45, 7) is 0. The van der Waals surface area contributed by atoms with Crippen molar-refractivity contribution in [1.82, 2.24) is 0 Å². The number of phenols is 1. The van der Waals surface area contributed by atoms with Crippen LogP contribution >= 0.6 is 0 Å². The molecule has 1 aromatic carbocycles. The minimum absolute atomic E-state index is 0.0990. The number of hydrogen-bond acceptors (Lipinski definition) is 4. The maximum Gasteiger partial charge on any atom is 0.307 e. The van der Waals surface area contributed by atoms with Gasteiger partial charge in [-0.05, 0) is 6.07 Å². The summed E-state index contributed by atoms with van der Waals surface area (Å²) in [6.07, 6.45) is -0.0990. The first-order chi connectivity index (χ1) is 7.04. The molecule has 0 aromatic heterocycles. The molecule has 0 bridgehead atoms. The van der Waals surface area contributed by atoms with Gasteiger partial charge in [0.1, 0.15) is 11.6 Å². The molecule has 0 aliphatic carbocycles. The molecule has 0 aliphatic rings.